The Labute approximate surface area is 156 Å². The van der Waals surface area contributed by atoms with Crippen molar-refractivity contribution in [2.75, 3.05) is 40.3 Å². The maximum Gasteiger partial charge on any atom is 0.314 e. The summed E-state index contributed by atoms with van der Waals surface area (Å²) in [5.41, 5.74) is 4.98. The smallest absolute Gasteiger partial charge is 0.314 e. The highest BCUT2D eigenvalue weighted by Gasteiger charge is 2.42. The Bertz CT molecular complexity index is 520. The number of piperidine rings is 1. The molecule has 0 spiro atoms. The second-order valence-electron chi connectivity index (χ2n) is 7.63. The summed E-state index contributed by atoms with van der Waals surface area (Å²) in [6.07, 6.45) is 5.67. The molecule has 0 bridgehead atoms. The highest BCUT2D eigenvalue weighted by Crippen LogP contribution is 2.39. The molecule has 1 saturated carbocycles. The van der Waals surface area contributed by atoms with Gasteiger partial charge in [-0.1, -0.05) is 12.8 Å². The first-order valence-electron chi connectivity index (χ1n) is 9.69. The third-order valence-corrected chi connectivity index (χ3v) is 5.45. The number of carbonyl (C=O) groups is 2. The maximum absolute atomic E-state index is 12.7. The van der Waals surface area contributed by atoms with Gasteiger partial charge in [-0.15, -0.1) is 0 Å². The molecule has 2 aliphatic rings. The molecule has 0 atom stereocenters. The second kappa shape index (κ2) is 9.09. The Balaban J connectivity index is 1.99. The van der Waals surface area contributed by atoms with E-state index < -0.39 is 0 Å². The van der Waals surface area contributed by atoms with Gasteiger partial charge in [-0.3, -0.25) is 9.79 Å². The van der Waals surface area contributed by atoms with Crippen molar-refractivity contribution in [3.05, 3.63) is 0 Å². The van der Waals surface area contributed by atoms with E-state index in [1.807, 2.05) is 21.0 Å². The molecule has 0 radical (unpaired) electrons. The van der Waals surface area contributed by atoms with E-state index in [1.54, 1.807) is 9.80 Å². The van der Waals surface area contributed by atoms with Crippen LogP contribution in [0.25, 0.3) is 0 Å². The Morgan fingerprint density at radius 2 is 1.85 bits per heavy atom. The minimum Gasteiger partial charge on any atom is -0.357 e. The van der Waals surface area contributed by atoms with Gasteiger partial charge < -0.3 is 26.2 Å². The van der Waals surface area contributed by atoms with E-state index in [9.17, 15) is 9.59 Å². The number of nitrogens with zero attached hydrogens (tertiary/aromatic N) is 3. The third kappa shape index (κ3) is 5.02. The van der Waals surface area contributed by atoms with Crippen molar-refractivity contribution in [3.8, 4) is 0 Å². The van der Waals surface area contributed by atoms with Crippen LogP contribution in [0.5, 0.6) is 0 Å². The number of primary amides is 1. The van der Waals surface area contributed by atoms with Crippen molar-refractivity contribution in [3.63, 3.8) is 0 Å². The predicted molar refractivity (Wildman–Crippen MR) is 103 cm³/mol. The minimum absolute atomic E-state index is 0.185. The lowest BCUT2D eigenvalue weighted by Gasteiger charge is -2.32. The molecular weight excluding hydrogens is 332 g/mol. The first-order valence-corrected chi connectivity index (χ1v) is 9.69. The summed E-state index contributed by atoms with van der Waals surface area (Å²) in [5.74, 6) is 0.937. The summed E-state index contributed by atoms with van der Waals surface area (Å²) < 4.78 is 0. The zero-order valence-electron chi connectivity index (χ0n) is 16.4. The highest BCUT2D eigenvalue weighted by molar-refractivity contribution is 5.84. The number of guanidine groups is 1. The largest absolute Gasteiger partial charge is 0.357 e. The van der Waals surface area contributed by atoms with Gasteiger partial charge in [0.1, 0.15) is 0 Å². The quantitative estimate of drug-likeness (QED) is 0.493. The van der Waals surface area contributed by atoms with Crippen molar-refractivity contribution >= 4 is 17.9 Å². The van der Waals surface area contributed by atoms with Gasteiger partial charge in [0.25, 0.3) is 0 Å². The fourth-order valence-corrected chi connectivity index (χ4v) is 3.95. The normalized spacial score (nSPS) is 20.7. The molecule has 2 rings (SSSR count). The fraction of sp³-hybridized carbons (Fsp3) is 0.833. The lowest BCUT2D eigenvalue weighted by atomic mass is 9.85. The van der Waals surface area contributed by atoms with Crippen LogP contribution in [0.2, 0.25) is 0 Å². The van der Waals surface area contributed by atoms with Crippen LogP contribution in [-0.2, 0) is 4.79 Å². The van der Waals surface area contributed by atoms with Crippen LogP contribution in [0.4, 0.5) is 4.79 Å². The summed E-state index contributed by atoms with van der Waals surface area (Å²) in [4.78, 5) is 32.1. The number of aliphatic imine (C=N–C) groups is 1. The molecule has 3 amide bonds. The molecule has 8 nitrogen and oxygen atoms in total. The van der Waals surface area contributed by atoms with Gasteiger partial charge in [-0.2, -0.15) is 0 Å². The van der Waals surface area contributed by atoms with Gasteiger partial charge in [0, 0.05) is 39.8 Å². The fourth-order valence-electron chi connectivity index (χ4n) is 3.95. The number of nitrogens with two attached hydrogens (primary N) is 1. The van der Waals surface area contributed by atoms with Crippen LogP contribution in [0.1, 0.15) is 45.4 Å². The number of rotatable bonds is 5. The summed E-state index contributed by atoms with van der Waals surface area (Å²) >= 11 is 0. The molecule has 4 N–H and O–H groups in total. The van der Waals surface area contributed by atoms with E-state index in [4.69, 9.17) is 10.7 Å². The Morgan fingerprint density at radius 1 is 1.23 bits per heavy atom. The van der Waals surface area contributed by atoms with Crippen LogP contribution >= 0.6 is 0 Å². The molecule has 148 valence electrons. The zero-order chi connectivity index (χ0) is 19.2. The van der Waals surface area contributed by atoms with E-state index in [-0.39, 0.29) is 23.4 Å². The average molecular weight is 367 g/mol. The third-order valence-electron chi connectivity index (χ3n) is 5.45. The molecule has 0 aromatic heterocycles. The van der Waals surface area contributed by atoms with Gasteiger partial charge in [-0.05, 0) is 32.6 Å². The van der Waals surface area contributed by atoms with Crippen molar-refractivity contribution in [2.45, 2.75) is 51.5 Å². The number of hydrogen-bond acceptors (Lipinski definition) is 3. The van der Waals surface area contributed by atoms with Crippen LogP contribution in [0, 0.1) is 5.41 Å². The molecule has 0 aromatic carbocycles. The average Bonchev–Trinajstić information content (AvgIpc) is 3.09. The van der Waals surface area contributed by atoms with Crippen LogP contribution in [0.3, 0.4) is 0 Å². The molecule has 2 fully saturated rings. The minimum atomic E-state index is -0.360. The predicted octanol–water partition coefficient (Wildman–Crippen LogP) is 0.733. The van der Waals surface area contributed by atoms with Crippen LogP contribution in [-0.4, -0.2) is 74.0 Å². The summed E-state index contributed by atoms with van der Waals surface area (Å²) in [7, 11) is 3.64. The molecular formula is C18H34N6O2. The lowest BCUT2D eigenvalue weighted by molar-refractivity contribution is -0.138. The Hall–Kier alpha value is -1.99. The van der Waals surface area contributed by atoms with Crippen molar-refractivity contribution in [2.24, 2.45) is 16.1 Å². The number of likely N-dealkylation sites (tertiary alicyclic amines) is 1. The van der Waals surface area contributed by atoms with E-state index in [2.05, 4.69) is 10.6 Å². The first kappa shape index (κ1) is 20.3. The SMILES string of the molecule is CCNC(=NCC1(C(=O)N(C)C)CCCC1)NC1CCN(C(N)=O)CC1. The summed E-state index contributed by atoms with van der Waals surface area (Å²) in [6.45, 7) is 4.63. The van der Waals surface area contributed by atoms with Crippen LogP contribution in [0.15, 0.2) is 4.99 Å². The highest BCUT2D eigenvalue weighted by atomic mass is 16.2. The second-order valence-corrected chi connectivity index (χ2v) is 7.63. The molecule has 1 saturated heterocycles. The molecule has 26 heavy (non-hydrogen) atoms. The topological polar surface area (TPSA) is 103 Å². The maximum atomic E-state index is 12.7. The Kier molecular flexibility index (Phi) is 7.11. The van der Waals surface area contributed by atoms with Gasteiger partial charge in [-0.25, -0.2) is 4.79 Å². The van der Waals surface area contributed by atoms with E-state index in [0.717, 1.165) is 51.0 Å². The molecule has 1 aliphatic carbocycles. The zero-order valence-corrected chi connectivity index (χ0v) is 16.4. The number of hydrogen-bond donors (Lipinski definition) is 3. The van der Waals surface area contributed by atoms with Gasteiger partial charge in [0.2, 0.25) is 5.91 Å². The molecule has 0 aromatic rings. The monoisotopic (exact) mass is 366 g/mol. The van der Waals surface area contributed by atoms with Crippen molar-refractivity contribution < 1.29 is 9.59 Å². The molecule has 1 heterocycles. The first-order chi connectivity index (χ1) is 12.4. The van der Waals surface area contributed by atoms with Gasteiger partial charge in [0.15, 0.2) is 5.96 Å². The van der Waals surface area contributed by atoms with E-state index >= 15 is 0 Å². The molecule has 0 unspecified atom stereocenters. The van der Waals surface area contributed by atoms with E-state index in [1.165, 1.54) is 0 Å². The standard InChI is InChI=1S/C18H34N6O2/c1-4-20-17(22-14-7-11-24(12-8-14)16(19)26)21-13-18(9-5-6-10-18)15(25)23(2)3/h14H,4-13H2,1-3H3,(H2,19,26)(H2,20,21,22). The van der Waals surface area contributed by atoms with Gasteiger partial charge in [0.05, 0.1) is 12.0 Å². The lowest BCUT2D eigenvalue weighted by Crippen LogP contribution is -2.51. The number of nitrogens with one attached hydrogen (secondary N) is 2. The summed E-state index contributed by atoms with van der Waals surface area (Å²) in [6, 6.07) is -0.0955. The molecule has 8 heteroatoms. The van der Waals surface area contributed by atoms with Crippen molar-refractivity contribution in [1.82, 2.24) is 20.4 Å². The number of urea groups is 1. The Morgan fingerprint density at radius 3 is 2.35 bits per heavy atom. The summed E-state index contributed by atoms with van der Waals surface area (Å²) in [5, 5.41) is 6.74. The number of carbonyl (C=O) groups excluding carboxylic acids is 2. The van der Waals surface area contributed by atoms with Crippen molar-refractivity contribution in [1.29, 1.82) is 0 Å². The number of amides is 3. The van der Waals surface area contributed by atoms with E-state index in [0.29, 0.717) is 19.6 Å². The van der Waals surface area contributed by atoms with Gasteiger partial charge >= 0.3 is 6.03 Å². The molecule has 1 aliphatic heterocycles. The van der Waals surface area contributed by atoms with Crippen LogP contribution < -0.4 is 16.4 Å².